The third kappa shape index (κ3) is 4.46. The van der Waals surface area contributed by atoms with Gasteiger partial charge in [-0.15, -0.1) is 0 Å². The van der Waals surface area contributed by atoms with Gasteiger partial charge in [0.05, 0.1) is 0 Å². The summed E-state index contributed by atoms with van der Waals surface area (Å²) in [6, 6.07) is 5.67. The van der Waals surface area contributed by atoms with E-state index in [0.29, 0.717) is 25.3 Å². The highest BCUT2D eigenvalue weighted by Gasteiger charge is 2.21. The largest absolute Gasteiger partial charge is 0.454 e. The first-order chi connectivity index (χ1) is 12.6. The summed E-state index contributed by atoms with van der Waals surface area (Å²) in [7, 11) is 0. The molecular formula is C19H27N3O4. The molecule has 7 heteroatoms. The topological polar surface area (TPSA) is 62.3 Å². The lowest BCUT2D eigenvalue weighted by atomic mass is 10.1. The average Bonchev–Trinajstić information content (AvgIpc) is 3.12. The lowest BCUT2D eigenvalue weighted by molar-refractivity contribution is -0.135. The number of nitrogens with zero attached hydrogens (tertiary/aromatic N) is 3. The molecule has 0 spiro atoms. The highest BCUT2D eigenvalue weighted by atomic mass is 16.7. The number of fused-ring (bicyclic) bond motifs is 1. The molecule has 0 unspecified atom stereocenters. The maximum absolute atomic E-state index is 12.5. The fourth-order valence-corrected chi connectivity index (χ4v) is 3.31. The van der Waals surface area contributed by atoms with Crippen molar-refractivity contribution in [1.29, 1.82) is 0 Å². The summed E-state index contributed by atoms with van der Waals surface area (Å²) in [4.78, 5) is 30.4. The minimum Gasteiger partial charge on any atom is -0.454 e. The van der Waals surface area contributed by atoms with Crippen LogP contribution in [0.1, 0.15) is 25.8 Å². The molecule has 1 fully saturated rings. The molecule has 0 N–H and O–H groups in total. The molecule has 142 valence electrons. The van der Waals surface area contributed by atoms with Gasteiger partial charge in [-0.2, -0.15) is 0 Å². The minimum atomic E-state index is -0.0359. The maximum atomic E-state index is 12.5. The Hall–Kier alpha value is -2.28. The fraction of sp³-hybridized carbons (Fsp3) is 0.579. The molecule has 7 nitrogen and oxygen atoms in total. The van der Waals surface area contributed by atoms with Gasteiger partial charge >= 0.3 is 0 Å². The third-order valence-corrected chi connectivity index (χ3v) is 5.02. The van der Waals surface area contributed by atoms with E-state index in [4.69, 9.17) is 9.47 Å². The second-order valence-electron chi connectivity index (χ2n) is 6.69. The van der Waals surface area contributed by atoms with E-state index in [2.05, 4.69) is 11.8 Å². The van der Waals surface area contributed by atoms with Gasteiger partial charge in [0, 0.05) is 52.6 Å². The molecule has 26 heavy (non-hydrogen) atoms. The Balaban J connectivity index is 1.52. The molecule has 0 radical (unpaired) electrons. The van der Waals surface area contributed by atoms with Crippen molar-refractivity contribution in [3.8, 4) is 11.5 Å². The van der Waals surface area contributed by atoms with Crippen LogP contribution >= 0.6 is 0 Å². The number of carbonyl (C=O) groups excluding carboxylic acids is 2. The molecule has 1 saturated heterocycles. The highest BCUT2D eigenvalue weighted by Crippen LogP contribution is 2.32. The van der Waals surface area contributed by atoms with Gasteiger partial charge in [-0.3, -0.25) is 9.59 Å². The Morgan fingerprint density at radius 1 is 1.12 bits per heavy atom. The summed E-state index contributed by atoms with van der Waals surface area (Å²) in [5, 5.41) is 0. The molecule has 0 atom stereocenters. The van der Waals surface area contributed by atoms with Crippen molar-refractivity contribution in [2.75, 3.05) is 46.1 Å². The minimum absolute atomic E-state index is 0.0359. The van der Waals surface area contributed by atoms with Crippen LogP contribution in [0.5, 0.6) is 11.5 Å². The third-order valence-electron chi connectivity index (χ3n) is 5.02. The Morgan fingerprint density at radius 3 is 2.54 bits per heavy atom. The van der Waals surface area contributed by atoms with E-state index in [-0.39, 0.29) is 18.6 Å². The lowest BCUT2D eigenvalue weighted by Gasteiger charge is -2.34. The normalized spacial score (nSPS) is 16.6. The van der Waals surface area contributed by atoms with Crippen molar-refractivity contribution in [3.63, 3.8) is 0 Å². The summed E-state index contributed by atoms with van der Waals surface area (Å²) in [5.74, 6) is 1.52. The maximum Gasteiger partial charge on any atom is 0.231 e. The molecule has 2 heterocycles. The molecule has 1 aromatic carbocycles. The standard InChI is InChI=1S/C19H27N3O4/c1-3-20-8-10-21(11-9-20)19(24)6-7-22(15(2)23)13-16-4-5-17-18(12-16)26-14-25-17/h4-5,12H,3,6-11,13-14H2,1-2H3. The quantitative estimate of drug-likeness (QED) is 0.765. The van der Waals surface area contributed by atoms with E-state index in [1.54, 1.807) is 4.90 Å². The van der Waals surface area contributed by atoms with E-state index < -0.39 is 0 Å². The van der Waals surface area contributed by atoms with Crippen LogP contribution in [0, 0.1) is 0 Å². The number of rotatable bonds is 6. The van der Waals surface area contributed by atoms with Crippen molar-refractivity contribution < 1.29 is 19.1 Å². The summed E-state index contributed by atoms with van der Waals surface area (Å²) in [6.45, 7) is 9.22. The Labute approximate surface area is 154 Å². The van der Waals surface area contributed by atoms with Crippen LogP contribution in [0.2, 0.25) is 0 Å². The molecule has 3 rings (SSSR count). The first kappa shape index (κ1) is 18.5. The number of carbonyl (C=O) groups is 2. The van der Waals surface area contributed by atoms with Gasteiger partial charge in [0.2, 0.25) is 18.6 Å². The van der Waals surface area contributed by atoms with Crippen LogP contribution in [0.4, 0.5) is 0 Å². The monoisotopic (exact) mass is 361 g/mol. The van der Waals surface area contributed by atoms with Gasteiger partial charge in [0.25, 0.3) is 0 Å². The van der Waals surface area contributed by atoms with E-state index in [9.17, 15) is 9.59 Å². The van der Waals surface area contributed by atoms with E-state index in [0.717, 1.165) is 44.0 Å². The molecule has 1 aromatic rings. The van der Waals surface area contributed by atoms with Crippen LogP contribution in [0.25, 0.3) is 0 Å². The van der Waals surface area contributed by atoms with Gasteiger partial charge < -0.3 is 24.2 Å². The number of likely N-dealkylation sites (N-methyl/N-ethyl adjacent to an activating group) is 1. The molecule has 0 saturated carbocycles. The van der Waals surface area contributed by atoms with Gasteiger partial charge in [-0.05, 0) is 24.2 Å². The first-order valence-electron chi connectivity index (χ1n) is 9.21. The van der Waals surface area contributed by atoms with Crippen molar-refractivity contribution in [2.24, 2.45) is 0 Å². The highest BCUT2D eigenvalue weighted by molar-refractivity contribution is 5.78. The average molecular weight is 361 g/mol. The lowest BCUT2D eigenvalue weighted by Crippen LogP contribution is -2.49. The number of ether oxygens (including phenoxy) is 2. The zero-order valence-corrected chi connectivity index (χ0v) is 15.6. The number of benzene rings is 1. The summed E-state index contributed by atoms with van der Waals surface area (Å²) in [5.41, 5.74) is 0.966. The Kier molecular flexibility index (Phi) is 5.98. The number of amides is 2. The molecule has 0 aromatic heterocycles. The van der Waals surface area contributed by atoms with Crippen molar-refractivity contribution in [2.45, 2.75) is 26.8 Å². The van der Waals surface area contributed by atoms with Gasteiger partial charge in [0.15, 0.2) is 11.5 Å². The Morgan fingerprint density at radius 2 is 1.85 bits per heavy atom. The van der Waals surface area contributed by atoms with Crippen LogP contribution in [0.15, 0.2) is 18.2 Å². The van der Waals surface area contributed by atoms with Crippen LogP contribution < -0.4 is 9.47 Å². The van der Waals surface area contributed by atoms with Crippen LogP contribution in [0.3, 0.4) is 0 Å². The number of piperazine rings is 1. The predicted molar refractivity (Wildman–Crippen MR) is 97.0 cm³/mol. The zero-order chi connectivity index (χ0) is 18.5. The summed E-state index contributed by atoms with van der Waals surface area (Å²) >= 11 is 0. The fourth-order valence-electron chi connectivity index (χ4n) is 3.31. The van der Waals surface area contributed by atoms with Gasteiger partial charge in [-0.25, -0.2) is 0 Å². The molecule has 2 aliphatic rings. The molecule has 0 aliphatic carbocycles. The summed E-state index contributed by atoms with van der Waals surface area (Å²) in [6.07, 6.45) is 0.357. The van der Waals surface area contributed by atoms with Crippen molar-refractivity contribution in [3.05, 3.63) is 23.8 Å². The number of hydrogen-bond donors (Lipinski definition) is 0. The summed E-state index contributed by atoms with van der Waals surface area (Å²) < 4.78 is 10.7. The van der Waals surface area contributed by atoms with Crippen LogP contribution in [-0.2, 0) is 16.1 Å². The van der Waals surface area contributed by atoms with E-state index in [1.807, 2.05) is 23.1 Å². The van der Waals surface area contributed by atoms with Crippen molar-refractivity contribution >= 4 is 11.8 Å². The van der Waals surface area contributed by atoms with Gasteiger partial charge in [0.1, 0.15) is 0 Å². The molecule has 2 aliphatic heterocycles. The molecule has 2 amide bonds. The van der Waals surface area contributed by atoms with Crippen molar-refractivity contribution in [1.82, 2.24) is 14.7 Å². The van der Waals surface area contributed by atoms with E-state index >= 15 is 0 Å². The zero-order valence-electron chi connectivity index (χ0n) is 15.6. The Bertz CT molecular complexity index is 656. The molecule has 0 bridgehead atoms. The van der Waals surface area contributed by atoms with Crippen LogP contribution in [-0.4, -0.2) is 72.6 Å². The first-order valence-corrected chi connectivity index (χ1v) is 9.21. The second kappa shape index (κ2) is 8.40. The van der Waals surface area contributed by atoms with E-state index in [1.165, 1.54) is 6.92 Å². The molecular weight excluding hydrogens is 334 g/mol. The second-order valence-corrected chi connectivity index (χ2v) is 6.69. The smallest absolute Gasteiger partial charge is 0.231 e. The van der Waals surface area contributed by atoms with Gasteiger partial charge in [-0.1, -0.05) is 13.0 Å². The predicted octanol–water partition coefficient (Wildman–Crippen LogP) is 1.32. The SMILES string of the molecule is CCN1CCN(C(=O)CCN(Cc2ccc3c(c2)OCO3)C(C)=O)CC1. The number of hydrogen-bond acceptors (Lipinski definition) is 5.